The van der Waals surface area contributed by atoms with E-state index in [0.717, 1.165) is 24.2 Å². The molecule has 0 bridgehead atoms. The Morgan fingerprint density at radius 2 is 2.05 bits per heavy atom. The monoisotopic (exact) mass is 282 g/mol. The zero-order valence-corrected chi connectivity index (χ0v) is 11.9. The standard InChI is InChI=1S/C16H18N4O/c1-11-8-9-12-5-2-3-6-13(12)20(11)14-7-4-10-18-15(14)16(17)19-21/h2-7,10-11,21H,8-9H2,1H3,(H2,17,19). The minimum absolute atomic E-state index is 0.0286. The molecule has 1 aromatic carbocycles. The summed E-state index contributed by atoms with van der Waals surface area (Å²) in [6, 6.07) is 12.5. The Balaban J connectivity index is 2.17. The number of nitrogens with two attached hydrogens (primary N) is 1. The van der Waals surface area contributed by atoms with Crippen LogP contribution in [0.15, 0.2) is 47.8 Å². The molecular formula is C16H18N4O. The highest BCUT2D eigenvalue weighted by Crippen LogP contribution is 2.37. The van der Waals surface area contributed by atoms with Crippen LogP contribution in [-0.2, 0) is 6.42 Å². The van der Waals surface area contributed by atoms with E-state index in [2.05, 4.69) is 40.2 Å². The SMILES string of the molecule is CC1CCc2ccccc2N1c1cccnc1/C(N)=N/O. The summed E-state index contributed by atoms with van der Waals surface area (Å²) in [6.07, 6.45) is 3.77. The molecule has 1 aromatic heterocycles. The van der Waals surface area contributed by atoms with Gasteiger partial charge in [0.25, 0.3) is 0 Å². The lowest BCUT2D eigenvalue weighted by Gasteiger charge is -2.37. The summed E-state index contributed by atoms with van der Waals surface area (Å²) in [6.45, 7) is 2.18. The first-order valence-corrected chi connectivity index (χ1v) is 7.02. The van der Waals surface area contributed by atoms with E-state index in [1.54, 1.807) is 6.20 Å². The van der Waals surface area contributed by atoms with Gasteiger partial charge in [0, 0.05) is 17.9 Å². The van der Waals surface area contributed by atoms with Crippen molar-refractivity contribution >= 4 is 17.2 Å². The predicted octanol–water partition coefficient (Wildman–Crippen LogP) is 2.65. The van der Waals surface area contributed by atoms with Crippen LogP contribution in [0.1, 0.15) is 24.6 Å². The summed E-state index contributed by atoms with van der Waals surface area (Å²) in [7, 11) is 0. The quantitative estimate of drug-likeness (QED) is 0.384. The molecule has 2 aromatic rings. The summed E-state index contributed by atoms with van der Waals surface area (Å²) in [5.41, 5.74) is 9.62. The van der Waals surface area contributed by atoms with E-state index in [0.29, 0.717) is 11.7 Å². The van der Waals surface area contributed by atoms with E-state index in [1.807, 2.05) is 18.2 Å². The van der Waals surface area contributed by atoms with E-state index in [-0.39, 0.29) is 5.84 Å². The lowest BCUT2D eigenvalue weighted by molar-refractivity contribution is 0.318. The fourth-order valence-corrected chi connectivity index (χ4v) is 2.89. The number of amidine groups is 1. The molecule has 0 saturated carbocycles. The van der Waals surface area contributed by atoms with E-state index < -0.39 is 0 Å². The van der Waals surface area contributed by atoms with Crippen molar-refractivity contribution in [1.82, 2.24) is 4.98 Å². The topological polar surface area (TPSA) is 74.7 Å². The van der Waals surface area contributed by atoms with Gasteiger partial charge in [0.15, 0.2) is 5.84 Å². The molecule has 0 amide bonds. The van der Waals surface area contributed by atoms with Crippen LogP contribution in [0.25, 0.3) is 0 Å². The van der Waals surface area contributed by atoms with Gasteiger partial charge in [-0.15, -0.1) is 0 Å². The van der Waals surface area contributed by atoms with Crippen LogP contribution in [0.2, 0.25) is 0 Å². The van der Waals surface area contributed by atoms with Gasteiger partial charge in [-0.05, 0) is 43.5 Å². The van der Waals surface area contributed by atoms with Gasteiger partial charge in [0.1, 0.15) is 5.69 Å². The Morgan fingerprint density at radius 3 is 2.86 bits per heavy atom. The first-order valence-electron chi connectivity index (χ1n) is 7.02. The zero-order valence-electron chi connectivity index (χ0n) is 11.9. The van der Waals surface area contributed by atoms with Gasteiger partial charge in [0.05, 0.1) is 5.69 Å². The second-order valence-electron chi connectivity index (χ2n) is 5.24. The molecule has 1 aliphatic rings. The number of anilines is 2. The van der Waals surface area contributed by atoms with Crippen LogP contribution in [-0.4, -0.2) is 22.1 Å². The molecule has 5 heteroatoms. The van der Waals surface area contributed by atoms with Crippen molar-refractivity contribution in [1.29, 1.82) is 0 Å². The first kappa shape index (κ1) is 13.4. The third-order valence-corrected chi connectivity index (χ3v) is 3.92. The lowest BCUT2D eigenvalue weighted by Crippen LogP contribution is -2.35. The van der Waals surface area contributed by atoms with Crippen LogP contribution in [0.4, 0.5) is 11.4 Å². The van der Waals surface area contributed by atoms with E-state index in [9.17, 15) is 0 Å². The molecule has 0 saturated heterocycles. The third-order valence-electron chi connectivity index (χ3n) is 3.92. The lowest BCUT2D eigenvalue weighted by atomic mass is 9.95. The Bertz CT molecular complexity index is 683. The molecule has 2 heterocycles. The highest BCUT2D eigenvalue weighted by atomic mass is 16.4. The van der Waals surface area contributed by atoms with Crippen molar-refractivity contribution in [3.05, 3.63) is 53.9 Å². The average molecular weight is 282 g/mol. The second-order valence-corrected chi connectivity index (χ2v) is 5.24. The summed E-state index contributed by atoms with van der Waals surface area (Å²) < 4.78 is 0. The van der Waals surface area contributed by atoms with Crippen LogP contribution in [0, 0.1) is 0 Å². The summed E-state index contributed by atoms with van der Waals surface area (Å²) in [5.74, 6) is 0.0286. The zero-order chi connectivity index (χ0) is 14.8. The Morgan fingerprint density at radius 1 is 1.29 bits per heavy atom. The number of nitrogens with zero attached hydrogens (tertiary/aromatic N) is 3. The minimum Gasteiger partial charge on any atom is -0.409 e. The highest BCUT2D eigenvalue weighted by molar-refractivity contribution is 6.01. The van der Waals surface area contributed by atoms with E-state index in [4.69, 9.17) is 10.9 Å². The van der Waals surface area contributed by atoms with Crippen molar-refractivity contribution < 1.29 is 5.21 Å². The molecule has 1 atom stereocenters. The number of hydrogen-bond acceptors (Lipinski definition) is 4. The maximum absolute atomic E-state index is 8.98. The minimum atomic E-state index is 0.0286. The molecule has 21 heavy (non-hydrogen) atoms. The molecule has 0 radical (unpaired) electrons. The van der Waals surface area contributed by atoms with Gasteiger partial charge in [-0.3, -0.25) is 4.98 Å². The average Bonchev–Trinajstić information content (AvgIpc) is 2.54. The number of hydrogen-bond donors (Lipinski definition) is 2. The van der Waals surface area contributed by atoms with Gasteiger partial charge >= 0.3 is 0 Å². The van der Waals surface area contributed by atoms with Crippen molar-refractivity contribution in [2.24, 2.45) is 10.9 Å². The Kier molecular flexibility index (Phi) is 3.48. The van der Waals surface area contributed by atoms with E-state index in [1.165, 1.54) is 5.56 Å². The number of para-hydroxylation sites is 1. The molecule has 108 valence electrons. The second kappa shape index (κ2) is 5.44. The summed E-state index contributed by atoms with van der Waals surface area (Å²) >= 11 is 0. The maximum atomic E-state index is 8.98. The van der Waals surface area contributed by atoms with Crippen molar-refractivity contribution in [3.63, 3.8) is 0 Å². The summed E-state index contributed by atoms with van der Waals surface area (Å²) in [4.78, 5) is 6.50. The number of fused-ring (bicyclic) bond motifs is 1. The van der Waals surface area contributed by atoms with Gasteiger partial charge in [0.2, 0.25) is 0 Å². The van der Waals surface area contributed by atoms with Crippen molar-refractivity contribution in [2.45, 2.75) is 25.8 Å². The van der Waals surface area contributed by atoms with Gasteiger partial charge in [-0.25, -0.2) is 0 Å². The molecule has 3 rings (SSSR count). The number of rotatable bonds is 2. The van der Waals surface area contributed by atoms with E-state index >= 15 is 0 Å². The van der Waals surface area contributed by atoms with Crippen molar-refractivity contribution in [2.75, 3.05) is 4.90 Å². The maximum Gasteiger partial charge on any atom is 0.190 e. The molecule has 0 fully saturated rings. The van der Waals surface area contributed by atoms with Crippen LogP contribution in [0.5, 0.6) is 0 Å². The molecule has 1 unspecified atom stereocenters. The Labute approximate surface area is 123 Å². The number of oxime groups is 1. The van der Waals surface area contributed by atoms with Gasteiger partial charge in [-0.2, -0.15) is 0 Å². The van der Waals surface area contributed by atoms with Crippen LogP contribution < -0.4 is 10.6 Å². The number of pyridine rings is 1. The molecular weight excluding hydrogens is 264 g/mol. The number of aryl methyl sites for hydroxylation is 1. The van der Waals surface area contributed by atoms with Crippen LogP contribution in [0.3, 0.4) is 0 Å². The normalized spacial score (nSPS) is 18.4. The molecule has 3 N–H and O–H groups in total. The summed E-state index contributed by atoms with van der Waals surface area (Å²) in [5, 5.41) is 12.1. The number of benzene rings is 1. The highest BCUT2D eigenvalue weighted by Gasteiger charge is 2.26. The fraction of sp³-hybridized carbons (Fsp3) is 0.250. The fourth-order valence-electron chi connectivity index (χ4n) is 2.89. The molecule has 0 spiro atoms. The molecule has 1 aliphatic heterocycles. The van der Waals surface area contributed by atoms with Crippen molar-refractivity contribution in [3.8, 4) is 0 Å². The molecule has 5 nitrogen and oxygen atoms in total. The smallest absolute Gasteiger partial charge is 0.190 e. The predicted molar refractivity (Wildman–Crippen MR) is 83.1 cm³/mol. The third kappa shape index (κ3) is 2.31. The number of aromatic nitrogens is 1. The van der Waals surface area contributed by atoms with Gasteiger partial charge in [-0.1, -0.05) is 23.4 Å². The Hall–Kier alpha value is -2.56. The van der Waals surface area contributed by atoms with Crippen LogP contribution >= 0.6 is 0 Å². The molecule has 0 aliphatic carbocycles. The largest absolute Gasteiger partial charge is 0.409 e. The van der Waals surface area contributed by atoms with Gasteiger partial charge < -0.3 is 15.8 Å². The first-order chi connectivity index (χ1) is 10.2.